The summed E-state index contributed by atoms with van der Waals surface area (Å²) in [5.74, 6) is -1.33. The number of aliphatic carboxylic acids is 1. The molecule has 6 heteroatoms. The highest BCUT2D eigenvalue weighted by Crippen LogP contribution is 2.28. The number of fused-ring (bicyclic) bond motifs is 1. The van der Waals surface area contributed by atoms with Crippen LogP contribution in [0.25, 0.3) is 10.9 Å². The van der Waals surface area contributed by atoms with Crippen molar-refractivity contribution in [2.24, 2.45) is 0 Å². The summed E-state index contributed by atoms with van der Waals surface area (Å²) in [5.41, 5.74) is 1.71. The zero-order chi connectivity index (χ0) is 16.6. The second-order valence-corrected chi connectivity index (χ2v) is 5.95. The number of H-pyrrole nitrogens is 1. The van der Waals surface area contributed by atoms with Gasteiger partial charge in [0.2, 0.25) is 5.78 Å². The van der Waals surface area contributed by atoms with Crippen molar-refractivity contribution in [3.05, 3.63) is 69.3 Å². The molecule has 0 aliphatic heterocycles. The van der Waals surface area contributed by atoms with Gasteiger partial charge in [0.25, 0.3) is 0 Å². The average Bonchev–Trinajstić information content (AvgIpc) is 2.84. The molecular formula is C17H11Cl2NO3. The van der Waals surface area contributed by atoms with Crippen molar-refractivity contribution >= 4 is 45.9 Å². The molecule has 1 heterocycles. The van der Waals surface area contributed by atoms with Gasteiger partial charge in [-0.05, 0) is 30.3 Å². The van der Waals surface area contributed by atoms with Gasteiger partial charge in [0.05, 0.1) is 12.1 Å². The maximum atomic E-state index is 12.7. The molecule has 0 saturated carbocycles. The van der Waals surface area contributed by atoms with Gasteiger partial charge in [0, 0.05) is 32.1 Å². The number of hydrogen-bond donors (Lipinski definition) is 2. The van der Waals surface area contributed by atoms with Gasteiger partial charge in [0.1, 0.15) is 0 Å². The van der Waals surface area contributed by atoms with Gasteiger partial charge < -0.3 is 10.1 Å². The van der Waals surface area contributed by atoms with Gasteiger partial charge in [-0.3, -0.25) is 9.59 Å². The van der Waals surface area contributed by atoms with E-state index in [1.54, 1.807) is 42.5 Å². The Morgan fingerprint density at radius 2 is 1.78 bits per heavy atom. The number of halogens is 2. The van der Waals surface area contributed by atoms with E-state index in [1.807, 2.05) is 0 Å². The molecule has 2 N–H and O–H groups in total. The molecule has 2 aromatic carbocycles. The zero-order valence-electron chi connectivity index (χ0n) is 11.8. The molecule has 0 bridgehead atoms. The Labute approximate surface area is 141 Å². The van der Waals surface area contributed by atoms with Crippen LogP contribution in [-0.2, 0) is 11.2 Å². The summed E-state index contributed by atoms with van der Waals surface area (Å²) in [6.07, 6.45) is -0.276. The van der Waals surface area contributed by atoms with E-state index < -0.39 is 5.97 Å². The largest absolute Gasteiger partial charge is 0.481 e. The molecular weight excluding hydrogens is 337 g/mol. The molecule has 0 aliphatic rings. The molecule has 0 fully saturated rings. The molecule has 0 aliphatic carbocycles. The molecule has 1 aromatic heterocycles. The lowest BCUT2D eigenvalue weighted by Crippen LogP contribution is -2.08. The van der Waals surface area contributed by atoms with Crippen LogP contribution in [0.3, 0.4) is 0 Å². The number of carboxylic acids is 1. The molecule has 116 valence electrons. The van der Waals surface area contributed by atoms with Crippen LogP contribution < -0.4 is 0 Å². The van der Waals surface area contributed by atoms with Gasteiger partial charge in [-0.2, -0.15) is 0 Å². The van der Waals surface area contributed by atoms with Crippen molar-refractivity contribution in [3.8, 4) is 0 Å². The van der Waals surface area contributed by atoms with Crippen molar-refractivity contribution in [1.29, 1.82) is 0 Å². The highest BCUT2D eigenvalue weighted by atomic mass is 35.5. The topological polar surface area (TPSA) is 70.2 Å². The molecule has 0 amide bonds. The minimum atomic E-state index is -1.02. The fourth-order valence-corrected chi connectivity index (χ4v) is 2.89. The van der Waals surface area contributed by atoms with E-state index in [-0.39, 0.29) is 17.9 Å². The Bertz CT molecular complexity index is 931. The van der Waals surface area contributed by atoms with Gasteiger partial charge in [-0.15, -0.1) is 0 Å². The van der Waals surface area contributed by atoms with Crippen LogP contribution in [0.4, 0.5) is 0 Å². The summed E-state index contributed by atoms with van der Waals surface area (Å²) in [4.78, 5) is 26.9. The van der Waals surface area contributed by atoms with Gasteiger partial charge in [0.15, 0.2) is 0 Å². The molecule has 0 saturated heterocycles. The van der Waals surface area contributed by atoms with E-state index in [9.17, 15) is 9.59 Å². The van der Waals surface area contributed by atoms with Gasteiger partial charge >= 0.3 is 5.97 Å². The lowest BCUT2D eigenvalue weighted by molar-refractivity contribution is -0.136. The normalized spacial score (nSPS) is 10.9. The lowest BCUT2D eigenvalue weighted by atomic mass is 10.0. The first-order chi connectivity index (χ1) is 11.0. The fourth-order valence-electron chi connectivity index (χ4n) is 2.52. The number of carbonyl (C=O) groups is 2. The van der Waals surface area contributed by atoms with E-state index in [0.717, 1.165) is 0 Å². The second-order valence-electron chi connectivity index (χ2n) is 5.08. The predicted octanol–water partition coefficient (Wildman–Crippen LogP) is 4.33. The second kappa shape index (κ2) is 6.07. The van der Waals surface area contributed by atoms with E-state index >= 15 is 0 Å². The summed E-state index contributed by atoms with van der Waals surface area (Å²) < 4.78 is 0. The number of nitrogens with one attached hydrogen (secondary N) is 1. The summed E-state index contributed by atoms with van der Waals surface area (Å²) in [7, 11) is 0. The highest BCUT2D eigenvalue weighted by molar-refractivity contribution is 6.32. The third-order valence-corrected chi connectivity index (χ3v) is 3.98. The van der Waals surface area contributed by atoms with Gasteiger partial charge in [-0.25, -0.2) is 0 Å². The first-order valence-electron chi connectivity index (χ1n) is 6.78. The monoisotopic (exact) mass is 347 g/mol. The maximum absolute atomic E-state index is 12.7. The Morgan fingerprint density at radius 3 is 2.48 bits per heavy atom. The molecule has 0 spiro atoms. The first kappa shape index (κ1) is 15.6. The number of aromatic amines is 1. The molecule has 3 rings (SSSR count). The van der Waals surface area contributed by atoms with Crippen LogP contribution in [0.1, 0.15) is 21.6 Å². The minimum Gasteiger partial charge on any atom is -0.481 e. The number of carbonyl (C=O) groups excluding carboxylic acids is 1. The first-order valence-corrected chi connectivity index (χ1v) is 7.53. The lowest BCUT2D eigenvalue weighted by Gasteiger charge is -2.03. The number of rotatable bonds is 4. The SMILES string of the molecule is O=C(O)Cc1c(C(=O)c2cccc(Cl)c2)[nH]c2ccc(Cl)cc12. The molecule has 0 atom stereocenters. The van der Waals surface area contributed by atoms with E-state index in [1.165, 1.54) is 0 Å². The Kier molecular flexibility index (Phi) is 4.11. The fraction of sp³-hybridized carbons (Fsp3) is 0.0588. The summed E-state index contributed by atoms with van der Waals surface area (Å²) >= 11 is 11.9. The number of ketones is 1. The molecule has 0 unspecified atom stereocenters. The van der Waals surface area contributed by atoms with Crippen molar-refractivity contribution in [2.45, 2.75) is 6.42 Å². The number of aromatic nitrogens is 1. The van der Waals surface area contributed by atoms with Crippen molar-refractivity contribution < 1.29 is 14.7 Å². The van der Waals surface area contributed by atoms with Crippen LogP contribution in [0, 0.1) is 0 Å². The number of carboxylic acid groups (broad SMARTS) is 1. The highest BCUT2D eigenvalue weighted by Gasteiger charge is 2.21. The third-order valence-electron chi connectivity index (χ3n) is 3.51. The zero-order valence-corrected chi connectivity index (χ0v) is 13.3. The minimum absolute atomic E-state index is 0.243. The Morgan fingerprint density at radius 1 is 1.04 bits per heavy atom. The standard InChI is InChI=1S/C17H11Cl2NO3/c18-10-3-1-2-9(6-10)17(23)16-13(8-15(21)22)12-7-11(19)4-5-14(12)20-16/h1-7,20H,8H2,(H,21,22). The molecule has 4 nitrogen and oxygen atoms in total. The average molecular weight is 348 g/mol. The molecule has 23 heavy (non-hydrogen) atoms. The third kappa shape index (κ3) is 3.09. The molecule has 3 aromatic rings. The van der Waals surface area contributed by atoms with E-state index in [4.69, 9.17) is 28.3 Å². The predicted molar refractivity (Wildman–Crippen MR) is 89.5 cm³/mol. The van der Waals surface area contributed by atoms with Crippen molar-refractivity contribution in [1.82, 2.24) is 4.98 Å². The van der Waals surface area contributed by atoms with Crippen LogP contribution >= 0.6 is 23.2 Å². The van der Waals surface area contributed by atoms with E-state index in [2.05, 4.69) is 4.98 Å². The van der Waals surface area contributed by atoms with E-state index in [0.29, 0.717) is 32.1 Å². The summed E-state index contributed by atoms with van der Waals surface area (Å²) in [6.45, 7) is 0. The maximum Gasteiger partial charge on any atom is 0.307 e. The van der Waals surface area contributed by atoms with Crippen molar-refractivity contribution in [2.75, 3.05) is 0 Å². The summed E-state index contributed by atoms with van der Waals surface area (Å²) in [6, 6.07) is 11.6. The van der Waals surface area contributed by atoms with Crippen molar-refractivity contribution in [3.63, 3.8) is 0 Å². The van der Waals surface area contributed by atoms with Crippen LogP contribution in [-0.4, -0.2) is 21.8 Å². The molecule has 0 radical (unpaired) electrons. The van der Waals surface area contributed by atoms with Crippen LogP contribution in [0.5, 0.6) is 0 Å². The van der Waals surface area contributed by atoms with Crippen LogP contribution in [0.2, 0.25) is 10.0 Å². The van der Waals surface area contributed by atoms with Crippen LogP contribution in [0.15, 0.2) is 42.5 Å². The smallest absolute Gasteiger partial charge is 0.307 e. The number of benzene rings is 2. The van der Waals surface area contributed by atoms with Gasteiger partial charge in [-0.1, -0.05) is 35.3 Å². The summed E-state index contributed by atoms with van der Waals surface area (Å²) in [5, 5.41) is 10.7. The Balaban J connectivity index is 2.19. The number of hydrogen-bond acceptors (Lipinski definition) is 2. The Hall–Kier alpha value is -2.30. The quantitative estimate of drug-likeness (QED) is 0.690.